The maximum absolute atomic E-state index is 13.9. The zero-order valence-electron chi connectivity index (χ0n) is 24.4. The number of rotatable bonds is 6. The molecule has 2 aliphatic rings. The maximum atomic E-state index is 13.9. The normalized spacial score (nSPS) is 22.0. The van der Waals surface area contributed by atoms with Gasteiger partial charge in [0.25, 0.3) is 0 Å². The second-order valence-corrected chi connectivity index (χ2v) is 15.3. The van der Waals surface area contributed by atoms with Crippen molar-refractivity contribution < 1.29 is 33.2 Å². The van der Waals surface area contributed by atoms with E-state index < -0.39 is 30.2 Å². The van der Waals surface area contributed by atoms with E-state index in [1.54, 1.807) is 65.8 Å². The monoisotopic (exact) mass is 548 g/mol. The molecule has 0 atom stereocenters. The standard InChI is InChI=1S/C30H45O7P/c1-27(2,3)20-16-14-19(15-17-20)18-23-24(31)21-12-10-11-13-22(21)25(32)26(23)36-30(28(4,5)6,29(7,8)9)37-38(33,34)35/h10-13,19-20H,14-18H2,1-9H3,(H2,33,34,35). The van der Waals surface area contributed by atoms with Gasteiger partial charge in [-0.3, -0.25) is 9.59 Å². The molecule has 3 rings (SSSR count). The largest absolute Gasteiger partial charge is 0.472 e. The Morgan fingerprint density at radius 1 is 0.816 bits per heavy atom. The predicted octanol–water partition coefficient (Wildman–Crippen LogP) is 7.48. The van der Waals surface area contributed by atoms with Gasteiger partial charge in [0.2, 0.25) is 11.6 Å². The number of carbonyl (C=O) groups excluding carboxylic acids is 2. The van der Waals surface area contributed by atoms with E-state index in [2.05, 4.69) is 20.8 Å². The minimum absolute atomic E-state index is 0.162. The number of hydrogen-bond acceptors (Lipinski definition) is 5. The quantitative estimate of drug-likeness (QED) is 0.280. The molecule has 8 heteroatoms. The number of phosphoric ester groups is 1. The van der Waals surface area contributed by atoms with Crippen molar-refractivity contribution in [1.82, 2.24) is 0 Å². The first kappa shape index (κ1) is 30.7. The fourth-order valence-corrected chi connectivity index (χ4v) is 7.17. The van der Waals surface area contributed by atoms with Crippen molar-refractivity contribution in [2.24, 2.45) is 28.1 Å². The fraction of sp³-hybridized carbons (Fsp3) is 0.667. The number of benzene rings is 1. The van der Waals surface area contributed by atoms with Crippen molar-refractivity contribution >= 4 is 19.4 Å². The molecule has 0 bridgehead atoms. The number of ketones is 2. The van der Waals surface area contributed by atoms with E-state index >= 15 is 0 Å². The van der Waals surface area contributed by atoms with E-state index in [0.29, 0.717) is 17.9 Å². The molecule has 0 amide bonds. The molecule has 0 heterocycles. The highest BCUT2D eigenvalue weighted by atomic mass is 31.2. The summed E-state index contributed by atoms with van der Waals surface area (Å²) in [6.45, 7) is 17.2. The van der Waals surface area contributed by atoms with Crippen LogP contribution in [0.4, 0.5) is 0 Å². The summed E-state index contributed by atoms with van der Waals surface area (Å²) in [7, 11) is -5.07. The van der Waals surface area contributed by atoms with Crippen LogP contribution in [-0.2, 0) is 13.8 Å². The Labute approximate surface area is 227 Å². The fourth-order valence-electron chi connectivity index (χ4n) is 6.25. The molecule has 0 saturated heterocycles. The molecule has 2 N–H and O–H groups in total. The lowest BCUT2D eigenvalue weighted by Crippen LogP contribution is -2.57. The van der Waals surface area contributed by atoms with Gasteiger partial charge in [0, 0.05) is 27.5 Å². The van der Waals surface area contributed by atoms with Crippen LogP contribution in [0.1, 0.15) is 115 Å². The Kier molecular flexibility index (Phi) is 8.34. The molecule has 0 unspecified atom stereocenters. The SMILES string of the molecule is CC(C)(C)C1CCC(CC2=C(OC(OP(=O)(O)O)(C(C)(C)C)C(C)(C)C)C(=O)c3ccccc3C2=O)CC1. The molecule has 2 aliphatic carbocycles. The van der Waals surface area contributed by atoms with Crippen LogP contribution >= 0.6 is 7.82 Å². The molecule has 1 saturated carbocycles. The van der Waals surface area contributed by atoms with Crippen LogP contribution in [0.25, 0.3) is 0 Å². The number of fused-ring (bicyclic) bond motifs is 1. The van der Waals surface area contributed by atoms with Crippen molar-refractivity contribution in [3.05, 3.63) is 46.7 Å². The summed E-state index contributed by atoms with van der Waals surface area (Å²) in [6.07, 6.45) is 4.33. The Bertz CT molecular complexity index is 1130. The molecular formula is C30H45O7P. The van der Waals surface area contributed by atoms with Crippen molar-refractivity contribution in [2.75, 3.05) is 0 Å². The smallest absolute Gasteiger partial charge is 0.456 e. The van der Waals surface area contributed by atoms with Gasteiger partial charge in [0.05, 0.1) is 0 Å². The first-order valence-corrected chi connectivity index (χ1v) is 15.1. The second-order valence-electron chi connectivity index (χ2n) is 14.1. The van der Waals surface area contributed by atoms with E-state index in [1.807, 2.05) is 0 Å². The van der Waals surface area contributed by atoms with Gasteiger partial charge >= 0.3 is 7.82 Å². The number of phosphoric acid groups is 1. The molecule has 38 heavy (non-hydrogen) atoms. The lowest BCUT2D eigenvalue weighted by atomic mass is 9.68. The third-order valence-electron chi connectivity index (χ3n) is 8.20. The van der Waals surface area contributed by atoms with Gasteiger partial charge in [-0.1, -0.05) is 86.6 Å². The lowest BCUT2D eigenvalue weighted by molar-refractivity contribution is -0.281. The van der Waals surface area contributed by atoms with Crippen molar-refractivity contribution in [3.8, 4) is 0 Å². The van der Waals surface area contributed by atoms with Crippen LogP contribution in [0, 0.1) is 28.1 Å². The van der Waals surface area contributed by atoms with E-state index in [0.717, 1.165) is 25.7 Å². The van der Waals surface area contributed by atoms with Crippen LogP contribution in [0.15, 0.2) is 35.6 Å². The summed E-state index contributed by atoms with van der Waals surface area (Å²) in [6, 6.07) is 6.65. The summed E-state index contributed by atoms with van der Waals surface area (Å²) < 4.78 is 24.2. The second kappa shape index (κ2) is 10.3. The molecule has 1 aromatic carbocycles. The third-order valence-corrected chi connectivity index (χ3v) is 8.70. The number of carbonyl (C=O) groups is 2. The molecule has 0 aromatic heterocycles. The number of allylic oxidation sites excluding steroid dienone is 2. The highest BCUT2D eigenvalue weighted by molar-refractivity contribution is 7.46. The molecule has 1 fully saturated rings. The lowest BCUT2D eigenvalue weighted by Gasteiger charge is -2.51. The summed E-state index contributed by atoms with van der Waals surface area (Å²) in [4.78, 5) is 47.7. The average Bonchev–Trinajstić information content (AvgIpc) is 2.76. The van der Waals surface area contributed by atoms with Crippen LogP contribution in [0.5, 0.6) is 0 Å². The minimum atomic E-state index is -5.07. The molecule has 7 nitrogen and oxygen atoms in total. The van der Waals surface area contributed by atoms with E-state index in [-0.39, 0.29) is 34.0 Å². The zero-order chi connectivity index (χ0) is 28.9. The van der Waals surface area contributed by atoms with E-state index in [9.17, 15) is 23.9 Å². The van der Waals surface area contributed by atoms with Crippen molar-refractivity contribution in [1.29, 1.82) is 0 Å². The van der Waals surface area contributed by atoms with Crippen LogP contribution in [0.3, 0.4) is 0 Å². The Morgan fingerprint density at radius 2 is 1.29 bits per heavy atom. The summed E-state index contributed by atoms with van der Waals surface area (Å²) in [5, 5.41) is 0. The number of Topliss-reactive ketones (excluding diaryl/α,β-unsaturated/α-hetero) is 2. The van der Waals surface area contributed by atoms with Crippen LogP contribution < -0.4 is 0 Å². The van der Waals surface area contributed by atoms with Gasteiger partial charge in [-0.25, -0.2) is 9.09 Å². The molecule has 1 aromatic rings. The van der Waals surface area contributed by atoms with Gasteiger partial charge in [-0.05, 0) is 49.4 Å². The van der Waals surface area contributed by atoms with Gasteiger partial charge in [-0.2, -0.15) is 0 Å². The number of hydrogen-bond donors (Lipinski definition) is 2. The Hall–Kier alpha value is -1.79. The summed E-state index contributed by atoms with van der Waals surface area (Å²) >= 11 is 0. The van der Waals surface area contributed by atoms with Gasteiger partial charge in [0.15, 0.2) is 11.5 Å². The first-order valence-electron chi connectivity index (χ1n) is 13.5. The molecule has 212 valence electrons. The van der Waals surface area contributed by atoms with E-state index in [1.165, 1.54) is 0 Å². The zero-order valence-corrected chi connectivity index (χ0v) is 25.3. The van der Waals surface area contributed by atoms with Gasteiger partial charge < -0.3 is 14.5 Å². The van der Waals surface area contributed by atoms with Crippen LogP contribution in [0.2, 0.25) is 0 Å². The summed E-state index contributed by atoms with van der Waals surface area (Å²) in [5.74, 6) is -2.03. The van der Waals surface area contributed by atoms with Crippen molar-refractivity contribution in [3.63, 3.8) is 0 Å². The molecule has 0 aliphatic heterocycles. The Morgan fingerprint density at radius 3 is 1.71 bits per heavy atom. The number of ether oxygens (including phenoxy) is 1. The Balaban J connectivity index is 2.14. The topological polar surface area (TPSA) is 110 Å². The van der Waals surface area contributed by atoms with E-state index in [4.69, 9.17) is 9.26 Å². The minimum Gasteiger partial charge on any atom is -0.456 e. The van der Waals surface area contributed by atoms with Gasteiger partial charge in [0.1, 0.15) is 0 Å². The molecular weight excluding hydrogens is 503 g/mol. The maximum Gasteiger partial charge on any atom is 0.472 e. The van der Waals surface area contributed by atoms with Gasteiger partial charge in [-0.15, -0.1) is 0 Å². The third kappa shape index (κ3) is 6.17. The molecule has 0 spiro atoms. The van der Waals surface area contributed by atoms with Crippen LogP contribution in [-0.4, -0.2) is 27.1 Å². The first-order chi connectivity index (χ1) is 17.2. The summed E-state index contributed by atoms with van der Waals surface area (Å²) in [5.41, 5.74) is -0.949. The molecule has 0 radical (unpaired) electrons. The highest BCUT2D eigenvalue weighted by Gasteiger charge is 2.59. The predicted molar refractivity (Wildman–Crippen MR) is 148 cm³/mol. The highest BCUT2D eigenvalue weighted by Crippen LogP contribution is 2.57. The average molecular weight is 549 g/mol. The van der Waals surface area contributed by atoms with Crippen molar-refractivity contribution in [2.45, 2.75) is 100 Å².